The quantitative estimate of drug-likeness (QED) is 0.852. The van der Waals surface area contributed by atoms with E-state index in [0.717, 1.165) is 5.69 Å². The van der Waals surface area contributed by atoms with Crippen LogP contribution < -0.4 is 14.8 Å². The molecule has 0 radical (unpaired) electrons. The van der Waals surface area contributed by atoms with Crippen molar-refractivity contribution < 1.29 is 22.7 Å². The van der Waals surface area contributed by atoms with Gasteiger partial charge < -0.3 is 14.8 Å². The molecule has 0 saturated carbocycles. The van der Waals surface area contributed by atoms with E-state index in [9.17, 15) is 13.2 Å². The van der Waals surface area contributed by atoms with Gasteiger partial charge in [0, 0.05) is 12.2 Å². The second kappa shape index (κ2) is 6.82. The third-order valence-corrected chi connectivity index (χ3v) is 6.38. The topological polar surface area (TPSA) is 97.8 Å². The fourth-order valence-corrected chi connectivity index (χ4v) is 4.61. The molecular weight excluding hydrogens is 370 g/mol. The summed E-state index contributed by atoms with van der Waals surface area (Å²) in [5, 5.41) is 2.63. The second-order valence-corrected chi connectivity index (χ2v) is 8.46. The number of sulfonamides is 1. The number of rotatable bonds is 4. The van der Waals surface area contributed by atoms with Crippen LogP contribution in [0.15, 0.2) is 41.4 Å². The number of anilines is 1. The minimum absolute atomic E-state index is 0.0713. The molecule has 2 aliphatic rings. The molecule has 27 heavy (non-hydrogen) atoms. The van der Waals surface area contributed by atoms with Crippen molar-refractivity contribution in [1.29, 1.82) is 0 Å². The fourth-order valence-electron chi connectivity index (χ4n) is 3.10. The summed E-state index contributed by atoms with van der Waals surface area (Å²) in [6.07, 6.45) is 2.00. The van der Waals surface area contributed by atoms with Gasteiger partial charge in [-0.25, -0.2) is 8.42 Å². The number of aromatic nitrogens is 1. The molecule has 1 aromatic carbocycles. The Morgan fingerprint density at radius 1 is 1.30 bits per heavy atom. The number of nitrogens with one attached hydrogen (secondary N) is 1. The van der Waals surface area contributed by atoms with Crippen molar-refractivity contribution in [2.75, 3.05) is 25.0 Å². The number of ether oxygens (including phenoxy) is 2. The molecule has 1 aromatic heterocycles. The zero-order valence-electron chi connectivity index (χ0n) is 14.7. The highest BCUT2D eigenvalue weighted by Gasteiger charge is 2.34. The summed E-state index contributed by atoms with van der Waals surface area (Å²) in [6.45, 7) is 2.44. The van der Waals surface area contributed by atoms with E-state index in [0.29, 0.717) is 30.2 Å². The molecule has 2 aromatic rings. The van der Waals surface area contributed by atoms with E-state index in [1.165, 1.54) is 16.4 Å². The fraction of sp³-hybridized carbons (Fsp3) is 0.333. The van der Waals surface area contributed by atoms with Gasteiger partial charge in [0.1, 0.15) is 17.6 Å². The Labute approximate surface area is 157 Å². The normalized spacial score (nSPS) is 19.9. The van der Waals surface area contributed by atoms with Gasteiger partial charge >= 0.3 is 0 Å². The number of hydrogen-bond donors (Lipinski definition) is 1. The van der Waals surface area contributed by atoms with Gasteiger partial charge in [-0.3, -0.25) is 9.78 Å². The number of carbonyl (C=O) groups is 1. The molecule has 0 spiro atoms. The lowest BCUT2D eigenvalue weighted by atomic mass is 10.2. The maximum Gasteiger partial charge on any atom is 0.262 e. The molecule has 1 N–H and O–H groups in total. The van der Waals surface area contributed by atoms with Crippen LogP contribution in [0.3, 0.4) is 0 Å². The van der Waals surface area contributed by atoms with Crippen LogP contribution in [-0.2, 0) is 14.8 Å². The number of aryl methyl sites for hydroxylation is 1. The molecule has 8 nitrogen and oxygen atoms in total. The lowest BCUT2D eigenvalue weighted by Gasteiger charge is -2.21. The van der Waals surface area contributed by atoms with Crippen LogP contribution in [0.1, 0.15) is 12.1 Å². The summed E-state index contributed by atoms with van der Waals surface area (Å²) in [4.78, 5) is 15.8. The molecule has 1 atom stereocenters. The molecule has 9 heteroatoms. The van der Waals surface area contributed by atoms with Gasteiger partial charge in [-0.2, -0.15) is 4.31 Å². The highest BCUT2D eigenvalue weighted by atomic mass is 32.2. The van der Waals surface area contributed by atoms with Crippen molar-refractivity contribution in [1.82, 2.24) is 9.29 Å². The average Bonchev–Trinajstić information content (AvgIpc) is 3.12. The predicted molar refractivity (Wildman–Crippen MR) is 97.3 cm³/mol. The minimum atomic E-state index is -3.69. The van der Waals surface area contributed by atoms with Crippen LogP contribution in [0.4, 0.5) is 5.69 Å². The highest BCUT2D eigenvalue weighted by molar-refractivity contribution is 7.89. The van der Waals surface area contributed by atoms with Crippen LogP contribution >= 0.6 is 0 Å². The molecule has 3 heterocycles. The summed E-state index contributed by atoms with van der Waals surface area (Å²) in [5.41, 5.74) is 1.26. The van der Waals surface area contributed by atoms with E-state index in [4.69, 9.17) is 9.47 Å². The molecule has 2 aliphatic heterocycles. The summed E-state index contributed by atoms with van der Waals surface area (Å²) in [5.74, 6) is 0.778. The van der Waals surface area contributed by atoms with Crippen molar-refractivity contribution in [3.05, 3.63) is 42.2 Å². The third kappa shape index (κ3) is 3.60. The van der Waals surface area contributed by atoms with Gasteiger partial charge in [-0.1, -0.05) is 0 Å². The molecule has 4 rings (SSSR count). The second-order valence-electron chi connectivity index (χ2n) is 6.52. The van der Waals surface area contributed by atoms with Crippen molar-refractivity contribution in [3.8, 4) is 11.5 Å². The average molecular weight is 389 g/mol. The zero-order chi connectivity index (χ0) is 19.0. The molecule has 0 aliphatic carbocycles. The van der Waals surface area contributed by atoms with Crippen LogP contribution in [0, 0.1) is 6.92 Å². The molecule has 1 saturated heterocycles. The zero-order valence-corrected chi connectivity index (χ0v) is 15.5. The molecule has 142 valence electrons. The first-order valence-electron chi connectivity index (χ1n) is 8.58. The largest absolute Gasteiger partial charge is 0.487 e. The lowest BCUT2D eigenvalue weighted by molar-refractivity contribution is -0.118. The standard InChI is InChI=1S/C18H19N3O5S/c1-12-2-3-13(9-19-12)26-14-6-7-21(10-14)27(23,24)15-4-5-17-16(8-15)20-18(22)11-25-17/h2-5,8-9,14H,6-7,10-11H2,1H3,(H,20,22)/t14-/m0/s1. The first-order valence-corrected chi connectivity index (χ1v) is 10.0. The predicted octanol–water partition coefficient (Wildman–Crippen LogP) is 1.56. The Morgan fingerprint density at radius 3 is 2.93 bits per heavy atom. The molecule has 0 bridgehead atoms. The monoisotopic (exact) mass is 389 g/mol. The molecule has 1 fully saturated rings. The Hall–Kier alpha value is -2.65. The van der Waals surface area contributed by atoms with E-state index in [-0.39, 0.29) is 30.1 Å². The smallest absolute Gasteiger partial charge is 0.262 e. The lowest BCUT2D eigenvalue weighted by Crippen LogP contribution is -2.31. The number of hydrogen-bond acceptors (Lipinski definition) is 6. The van der Waals surface area contributed by atoms with Gasteiger partial charge in [0.25, 0.3) is 5.91 Å². The highest BCUT2D eigenvalue weighted by Crippen LogP contribution is 2.32. The number of carbonyl (C=O) groups excluding carboxylic acids is 1. The Morgan fingerprint density at radius 2 is 2.15 bits per heavy atom. The van der Waals surface area contributed by atoms with E-state index < -0.39 is 10.0 Å². The molecule has 1 amide bonds. The first-order chi connectivity index (χ1) is 12.9. The number of fused-ring (bicyclic) bond motifs is 1. The van der Waals surface area contributed by atoms with E-state index >= 15 is 0 Å². The van der Waals surface area contributed by atoms with Gasteiger partial charge in [0.15, 0.2) is 6.61 Å². The van der Waals surface area contributed by atoms with Crippen molar-refractivity contribution in [2.45, 2.75) is 24.3 Å². The Bertz CT molecular complexity index is 975. The Balaban J connectivity index is 1.49. The van der Waals surface area contributed by atoms with Crippen LogP contribution in [0.25, 0.3) is 0 Å². The molecule has 0 unspecified atom stereocenters. The Kier molecular flexibility index (Phi) is 4.48. The van der Waals surface area contributed by atoms with Crippen LogP contribution in [0.5, 0.6) is 11.5 Å². The summed E-state index contributed by atoms with van der Waals surface area (Å²) >= 11 is 0. The summed E-state index contributed by atoms with van der Waals surface area (Å²) in [6, 6.07) is 8.15. The summed E-state index contributed by atoms with van der Waals surface area (Å²) in [7, 11) is -3.69. The van der Waals surface area contributed by atoms with Gasteiger partial charge in [0.2, 0.25) is 10.0 Å². The number of amides is 1. The summed E-state index contributed by atoms with van der Waals surface area (Å²) < 4.78 is 38.4. The number of nitrogens with zero attached hydrogens (tertiary/aromatic N) is 2. The van der Waals surface area contributed by atoms with E-state index in [1.807, 2.05) is 19.1 Å². The van der Waals surface area contributed by atoms with E-state index in [2.05, 4.69) is 10.3 Å². The minimum Gasteiger partial charge on any atom is -0.487 e. The van der Waals surface area contributed by atoms with Crippen LogP contribution in [0.2, 0.25) is 0 Å². The number of benzene rings is 1. The first kappa shape index (κ1) is 17.7. The third-order valence-electron chi connectivity index (χ3n) is 4.52. The maximum atomic E-state index is 12.9. The van der Waals surface area contributed by atoms with Crippen molar-refractivity contribution >= 4 is 21.6 Å². The van der Waals surface area contributed by atoms with Gasteiger partial charge in [-0.05, 0) is 43.7 Å². The maximum absolute atomic E-state index is 12.9. The van der Waals surface area contributed by atoms with Crippen molar-refractivity contribution in [2.24, 2.45) is 0 Å². The van der Waals surface area contributed by atoms with Gasteiger partial charge in [0.05, 0.1) is 23.3 Å². The van der Waals surface area contributed by atoms with Crippen LogP contribution in [-0.4, -0.2) is 49.4 Å². The van der Waals surface area contributed by atoms with Crippen molar-refractivity contribution in [3.63, 3.8) is 0 Å². The van der Waals surface area contributed by atoms with E-state index in [1.54, 1.807) is 12.3 Å². The molecular formula is C18H19N3O5S. The van der Waals surface area contributed by atoms with Gasteiger partial charge in [-0.15, -0.1) is 0 Å². The SMILES string of the molecule is Cc1ccc(O[C@H]2CCN(S(=O)(=O)c3ccc4c(c3)NC(=O)CO4)C2)cn1. The number of pyridine rings is 1.